The molecule has 1 rings (SSSR count). The Balaban J connectivity index is 2.72. The average molecular weight is 344 g/mol. The van der Waals surface area contributed by atoms with Crippen LogP contribution in [-0.4, -0.2) is 53.5 Å². The maximum absolute atomic E-state index is 12.3. The Labute approximate surface area is 142 Å². The highest BCUT2D eigenvalue weighted by atomic mass is 16.6. The van der Waals surface area contributed by atoms with Gasteiger partial charge in [0.2, 0.25) is 0 Å². The van der Waals surface area contributed by atoms with Gasteiger partial charge in [0.25, 0.3) is 0 Å². The van der Waals surface area contributed by atoms with E-state index >= 15 is 0 Å². The van der Waals surface area contributed by atoms with Crippen LogP contribution in [0.1, 0.15) is 48.0 Å². The number of aliphatic hydroxyl groups is 1. The molecule has 1 heterocycles. The summed E-state index contributed by atoms with van der Waals surface area (Å²) in [7, 11) is 0. The highest BCUT2D eigenvalue weighted by molar-refractivity contribution is 5.92. The van der Waals surface area contributed by atoms with Gasteiger partial charge in [-0.3, -0.25) is 0 Å². The molecule has 0 aromatic carbocycles. The summed E-state index contributed by atoms with van der Waals surface area (Å²) < 4.78 is 10.0. The predicted octanol–water partition coefficient (Wildman–Crippen LogP) is 0.718. The number of esters is 2. The molecule has 24 heavy (non-hydrogen) atoms. The number of hydrogen-bond donors (Lipinski definition) is 3. The van der Waals surface area contributed by atoms with Gasteiger partial charge in [-0.25, -0.2) is 14.4 Å². The van der Waals surface area contributed by atoms with Gasteiger partial charge in [-0.15, -0.1) is 0 Å². The third-order valence-corrected chi connectivity index (χ3v) is 3.36. The van der Waals surface area contributed by atoms with Gasteiger partial charge in [-0.2, -0.15) is 0 Å². The zero-order valence-corrected chi connectivity index (χ0v) is 15.1. The first-order valence-corrected chi connectivity index (χ1v) is 7.96. The lowest BCUT2D eigenvalue weighted by molar-refractivity contribution is -0.164. The summed E-state index contributed by atoms with van der Waals surface area (Å²) in [4.78, 5) is 36.3. The third-order valence-electron chi connectivity index (χ3n) is 3.36. The fraction of sp³-hybridized carbons (Fsp3) is 0.812. The summed E-state index contributed by atoms with van der Waals surface area (Å²) in [6, 6.07) is -1.78. The molecule has 1 aliphatic rings. The van der Waals surface area contributed by atoms with Crippen molar-refractivity contribution in [2.45, 2.75) is 71.8 Å². The Morgan fingerprint density at radius 3 is 2.17 bits per heavy atom. The van der Waals surface area contributed by atoms with Gasteiger partial charge < -0.3 is 25.2 Å². The molecule has 8 heteroatoms. The molecule has 1 saturated heterocycles. The van der Waals surface area contributed by atoms with E-state index in [1.165, 1.54) is 0 Å². The zero-order valence-electron chi connectivity index (χ0n) is 15.1. The molecule has 8 nitrogen and oxygen atoms in total. The Morgan fingerprint density at radius 2 is 1.75 bits per heavy atom. The highest BCUT2D eigenvalue weighted by Gasteiger charge is 2.38. The Kier molecular flexibility index (Phi) is 6.35. The summed E-state index contributed by atoms with van der Waals surface area (Å²) >= 11 is 0. The second-order valence-electron chi connectivity index (χ2n) is 8.04. The molecule has 0 saturated carbocycles. The van der Waals surface area contributed by atoms with E-state index in [9.17, 15) is 19.5 Å². The summed E-state index contributed by atoms with van der Waals surface area (Å²) in [5.41, 5.74) is -1.40. The van der Waals surface area contributed by atoms with E-state index < -0.39 is 47.2 Å². The van der Waals surface area contributed by atoms with Gasteiger partial charge in [-0.05, 0) is 26.2 Å². The number of alkyl carbamates (subject to hydrolysis) is 1. The Hall–Kier alpha value is -1.67. The summed E-state index contributed by atoms with van der Waals surface area (Å²) in [5, 5.41) is 14.7. The van der Waals surface area contributed by atoms with Crippen LogP contribution in [0.4, 0.5) is 4.79 Å². The first-order valence-electron chi connectivity index (χ1n) is 7.96. The average Bonchev–Trinajstić information content (AvgIpc) is 2.79. The highest BCUT2D eigenvalue weighted by Crippen LogP contribution is 2.22. The van der Waals surface area contributed by atoms with E-state index in [1.54, 1.807) is 41.5 Å². The molecule has 0 spiro atoms. The van der Waals surface area contributed by atoms with Gasteiger partial charge in [0.1, 0.15) is 17.7 Å². The van der Waals surface area contributed by atoms with Crippen molar-refractivity contribution in [3.05, 3.63) is 0 Å². The number of hydrogen-bond acceptors (Lipinski definition) is 7. The first kappa shape index (κ1) is 20.4. The molecule has 3 atom stereocenters. The molecule has 0 bridgehead atoms. The number of rotatable bonds is 3. The molecule has 1 amide bonds. The molecule has 3 N–H and O–H groups in total. The Bertz CT molecular complexity index is 492. The minimum atomic E-state index is -1.05. The first-order chi connectivity index (χ1) is 10.8. The minimum absolute atomic E-state index is 0.186. The van der Waals surface area contributed by atoms with Crippen molar-refractivity contribution in [2.24, 2.45) is 5.41 Å². The van der Waals surface area contributed by atoms with Crippen molar-refractivity contribution in [1.29, 1.82) is 0 Å². The SMILES string of the molecule is CC(C)(C)OC(=O)N[C@H](C(=O)OC(=O)C1CC(O)CN1)C(C)(C)C. The fourth-order valence-corrected chi connectivity index (χ4v) is 2.18. The van der Waals surface area contributed by atoms with E-state index in [-0.39, 0.29) is 13.0 Å². The molecule has 1 aliphatic heterocycles. The molecule has 0 aromatic heterocycles. The molecule has 2 unspecified atom stereocenters. The van der Waals surface area contributed by atoms with Crippen LogP contribution in [0.15, 0.2) is 0 Å². The van der Waals surface area contributed by atoms with Crippen LogP contribution in [0, 0.1) is 5.41 Å². The normalized spacial score (nSPS) is 22.6. The maximum atomic E-state index is 12.3. The van der Waals surface area contributed by atoms with E-state index in [0.29, 0.717) is 0 Å². The standard InChI is InChI=1S/C16H28N2O6/c1-15(2,3)11(18-14(22)24-16(4,5)6)13(21)23-12(20)10-7-9(19)8-17-10/h9-11,17,19H,7-8H2,1-6H3,(H,18,22)/t9?,10?,11-/m1/s1. The second-order valence-corrected chi connectivity index (χ2v) is 8.04. The molecule has 0 radical (unpaired) electrons. The second kappa shape index (κ2) is 7.48. The van der Waals surface area contributed by atoms with Gasteiger partial charge in [0, 0.05) is 13.0 Å². The van der Waals surface area contributed by atoms with Crippen LogP contribution >= 0.6 is 0 Å². The third kappa shape index (κ3) is 6.45. The monoisotopic (exact) mass is 344 g/mol. The van der Waals surface area contributed by atoms with Crippen LogP contribution in [-0.2, 0) is 19.1 Å². The van der Waals surface area contributed by atoms with Gasteiger partial charge in [0.05, 0.1) is 6.10 Å². The van der Waals surface area contributed by atoms with Crippen molar-refractivity contribution >= 4 is 18.0 Å². The largest absolute Gasteiger partial charge is 0.444 e. The number of nitrogens with one attached hydrogen (secondary N) is 2. The van der Waals surface area contributed by atoms with Crippen molar-refractivity contribution in [2.75, 3.05) is 6.54 Å². The Morgan fingerprint density at radius 1 is 1.17 bits per heavy atom. The number of aliphatic hydroxyl groups excluding tert-OH is 1. The molecular formula is C16H28N2O6. The summed E-state index contributed by atoms with van der Waals surface area (Å²) in [5.74, 6) is -1.63. The lowest BCUT2D eigenvalue weighted by Gasteiger charge is -2.30. The quantitative estimate of drug-likeness (QED) is 0.510. The molecule has 0 aromatic rings. The van der Waals surface area contributed by atoms with Crippen LogP contribution in [0.5, 0.6) is 0 Å². The van der Waals surface area contributed by atoms with Crippen LogP contribution in [0.2, 0.25) is 0 Å². The minimum Gasteiger partial charge on any atom is -0.444 e. The van der Waals surface area contributed by atoms with E-state index in [2.05, 4.69) is 10.6 Å². The van der Waals surface area contributed by atoms with Crippen molar-refractivity contribution in [3.8, 4) is 0 Å². The number of amides is 1. The van der Waals surface area contributed by atoms with E-state index in [1.807, 2.05) is 0 Å². The molecular weight excluding hydrogens is 316 g/mol. The topological polar surface area (TPSA) is 114 Å². The zero-order chi connectivity index (χ0) is 18.7. The number of ether oxygens (including phenoxy) is 2. The lowest BCUT2D eigenvalue weighted by Crippen LogP contribution is -2.52. The summed E-state index contributed by atoms with van der Waals surface area (Å²) in [6.45, 7) is 10.6. The van der Waals surface area contributed by atoms with Crippen molar-refractivity contribution in [3.63, 3.8) is 0 Å². The van der Waals surface area contributed by atoms with Crippen molar-refractivity contribution < 1.29 is 29.0 Å². The van der Waals surface area contributed by atoms with E-state index in [4.69, 9.17) is 9.47 Å². The number of carbonyl (C=O) groups excluding carboxylic acids is 3. The molecule has 0 aliphatic carbocycles. The predicted molar refractivity (Wildman–Crippen MR) is 86.1 cm³/mol. The number of carbonyl (C=O) groups is 3. The van der Waals surface area contributed by atoms with Crippen LogP contribution < -0.4 is 10.6 Å². The fourth-order valence-electron chi connectivity index (χ4n) is 2.18. The summed E-state index contributed by atoms with van der Waals surface area (Å²) in [6.07, 6.45) is -1.22. The van der Waals surface area contributed by atoms with Gasteiger partial charge in [0.15, 0.2) is 0 Å². The van der Waals surface area contributed by atoms with E-state index in [0.717, 1.165) is 0 Å². The van der Waals surface area contributed by atoms with Gasteiger partial charge in [-0.1, -0.05) is 20.8 Å². The lowest BCUT2D eigenvalue weighted by atomic mass is 9.87. The van der Waals surface area contributed by atoms with Crippen molar-refractivity contribution in [1.82, 2.24) is 10.6 Å². The van der Waals surface area contributed by atoms with Crippen LogP contribution in [0.3, 0.4) is 0 Å². The van der Waals surface area contributed by atoms with Gasteiger partial charge >= 0.3 is 18.0 Å². The van der Waals surface area contributed by atoms with Crippen LogP contribution in [0.25, 0.3) is 0 Å². The maximum Gasteiger partial charge on any atom is 0.408 e. The molecule has 1 fully saturated rings. The number of β-amino-alcohol motifs (C(OH)–C–C–N with tert-alkyl or cyclic N) is 1. The smallest absolute Gasteiger partial charge is 0.408 e. The molecule has 138 valence electrons.